The number of amides is 1. The third kappa shape index (κ3) is 6.24. The molecule has 6 nitrogen and oxygen atoms in total. The number of carbonyl (C=O) groups excluding carboxylic acids is 1. The molecule has 1 aromatic heterocycles. The van der Waals surface area contributed by atoms with Crippen molar-refractivity contribution in [2.75, 3.05) is 18.4 Å². The first-order chi connectivity index (χ1) is 17.9. The van der Waals surface area contributed by atoms with Gasteiger partial charge in [-0.05, 0) is 86.6 Å². The van der Waals surface area contributed by atoms with Crippen molar-refractivity contribution in [1.29, 1.82) is 0 Å². The topological polar surface area (TPSA) is 85.4 Å². The van der Waals surface area contributed by atoms with Crippen molar-refractivity contribution in [3.63, 3.8) is 0 Å². The number of aryl methyl sites for hydroxylation is 2. The number of anilines is 1. The highest BCUT2D eigenvalue weighted by Gasteiger charge is 2.23. The fourth-order valence-electron chi connectivity index (χ4n) is 5.12. The fraction of sp³-hybridized carbons (Fsp3) is 0.433. The summed E-state index contributed by atoms with van der Waals surface area (Å²) < 4.78 is 0. The largest absolute Gasteiger partial charge is 0.393 e. The third-order valence-corrected chi connectivity index (χ3v) is 8.92. The standard InChI is InChI=1S/C30H38N4O2S/c1-18-7-8-24(34-25-15-31-16-25)14-27(18)30(36)33-20(3)21-5-4-6-22(12-21)28-11-19(2)29(37-28)17-32-23-9-10-26(35)13-23/h4-8,11-12,14,20,23,25-26,31-32,34-35H,9-10,13,15-17H2,1-3H3,(H,33,36)/t20-,23+,26-/m1/s1. The van der Waals surface area contributed by atoms with Crippen molar-refractivity contribution >= 4 is 22.9 Å². The van der Waals surface area contributed by atoms with Gasteiger partial charge in [-0.25, -0.2) is 0 Å². The molecule has 0 unspecified atom stereocenters. The molecule has 1 aliphatic heterocycles. The summed E-state index contributed by atoms with van der Waals surface area (Å²) in [5.74, 6) is -0.0526. The van der Waals surface area contributed by atoms with Crippen LogP contribution in [0.15, 0.2) is 48.5 Å². The van der Waals surface area contributed by atoms with E-state index in [-0.39, 0.29) is 18.1 Å². The van der Waals surface area contributed by atoms with Crippen molar-refractivity contribution < 1.29 is 9.90 Å². The third-order valence-electron chi connectivity index (χ3n) is 7.63. The second-order valence-corrected chi connectivity index (χ2v) is 11.7. The van der Waals surface area contributed by atoms with Gasteiger partial charge in [0.05, 0.1) is 18.2 Å². The maximum absolute atomic E-state index is 13.2. The van der Waals surface area contributed by atoms with Gasteiger partial charge in [-0.2, -0.15) is 0 Å². The molecule has 3 aromatic rings. The van der Waals surface area contributed by atoms with Crippen molar-refractivity contribution in [2.45, 2.75) is 70.8 Å². The molecule has 0 bridgehead atoms. The summed E-state index contributed by atoms with van der Waals surface area (Å²) in [7, 11) is 0. The Morgan fingerprint density at radius 3 is 2.65 bits per heavy atom. The first-order valence-electron chi connectivity index (χ1n) is 13.4. The zero-order valence-electron chi connectivity index (χ0n) is 21.9. The maximum atomic E-state index is 13.2. The molecule has 1 amide bonds. The highest BCUT2D eigenvalue weighted by atomic mass is 32.1. The SMILES string of the molecule is Cc1ccc(NC2CNC2)cc1C(=O)N[C@H](C)c1cccc(-c2cc(C)c(CN[C@H]3CC[C@@H](O)C3)s2)c1. The number of hydrogen-bond acceptors (Lipinski definition) is 6. The van der Waals surface area contributed by atoms with Crippen LogP contribution in [0.4, 0.5) is 5.69 Å². The zero-order chi connectivity index (χ0) is 25.9. The normalized spacial score (nSPS) is 20.4. The van der Waals surface area contributed by atoms with Gasteiger partial charge in [0, 0.05) is 46.7 Å². The molecule has 0 radical (unpaired) electrons. The molecule has 2 aromatic carbocycles. The first kappa shape index (κ1) is 25.9. The molecule has 5 N–H and O–H groups in total. The number of rotatable bonds is 9. The van der Waals surface area contributed by atoms with Crippen molar-refractivity contribution in [1.82, 2.24) is 16.0 Å². The average Bonchev–Trinajstić information content (AvgIpc) is 3.45. The molecule has 3 atom stereocenters. The van der Waals surface area contributed by atoms with E-state index < -0.39 is 0 Å². The predicted molar refractivity (Wildman–Crippen MR) is 152 cm³/mol. The zero-order valence-corrected chi connectivity index (χ0v) is 22.8. The lowest BCUT2D eigenvalue weighted by molar-refractivity contribution is 0.0939. The molecule has 1 aliphatic carbocycles. The molecule has 1 saturated heterocycles. The van der Waals surface area contributed by atoms with E-state index in [4.69, 9.17) is 0 Å². The molecular formula is C30H38N4O2S. The number of nitrogens with one attached hydrogen (secondary N) is 4. The Morgan fingerprint density at radius 1 is 1.08 bits per heavy atom. The fourth-order valence-corrected chi connectivity index (χ4v) is 6.24. The van der Waals surface area contributed by atoms with Crippen LogP contribution in [-0.4, -0.2) is 42.3 Å². The molecule has 1 saturated carbocycles. The van der Waals surface area contributed by atoms with Gasteiger partial charge in [-0.1, -0.05) is 24.3 Å². The second kappa shape index (κ2) is 11.4. The summed E-state index contributed by atoms with van der Waals surface area (Å²) in [6.07, 6.45) is 2.63. The van der Waals surface area contributed by atoms with Crippen molar-refractivity contribution in [3.8, 4) is 10.4 Å². The van der Waals surface area contributed by atoms with Crippen LogP contribution >= 0.6 is 11.3 Å². The minimum Gasteiger partial charge on any atom is -0.393 e. The summed E-state index contributed by atoms with van der Waals surface area (Å²) >= 11 is 1.82. The lowest BCUT2D eigenvalue weighted by atomic mass is 10.0. The number of benzene rings is 2. The van der Waals surface area contributed by atoms with Crippen LogP contribution in [0, 0.1) is 13.8 Å². The smallest absolute Gasteiger partial charge is 0.252 e. The van der Waals surface area contributed by atoms with E-state index >= 15 is 0 Å². The van der Waals surface area contributed by atoms with Crippen LogP contribution < -0.4 is 21.3 Å². The van der Waals surface area contributed by atoms with Gasteiger partial charge >= 0.3 is 0 Å². The minimum absolute atomic E-state index is 0.0526. The van der Waals surface area contributed by atoms with E-state index in [0.717, 1.165) is 55.7 Å². The van der Waals surface area contributed by atoms with Gasteiger partial charge in [0.1, 0.15) is 0 Å². The minimum atomic E-state index is -0.155. The molecule has 37 heavy (non-hydrogen) atoms. The molecule has 7 heteroatoms. The molecular weight excluding hydrogens is 480 g/mol. The Hall–Kier alpha value is -2.71. The number of aliphatic hydroxyl groups excluding tert-OH is 1. The van der Waals surface area contributed by atoms with E-state index in [2.05, 4.69) is 58.5 Å². The maximum Gasteiger partial charge on any atom is 0.252 e. The van der Waals surface area contributed by atoms with Gasteiger partial charge in [0.25, 0.3) is 5.91 Å². The molecule has 5 rings (SSSR count). The Labute approximate surface area is 223 Å². The van der Waals surface area contributed by atoms with Gasteiger partial charge in [0.2, 0.25) is 0 Å². The van der Waals surface area contributed by atoms with Crippen LogP contribution in [0.3, 0.4) is 0 Å². The number of thiophene rings is 1. The van der Waals surface area contributed by atoms with Gasteiger partial charge in [-0.3, -0.25) is 4.79 Å². The molecule has 2 aliphatic rings. The lowest BCUT2D eigenvalue weighted by Crippen LogP contribution is -2.51. The summed E-state index contributed by atoms with van der Waals surface area (Å²) in [6, 6.07) is 17.5. The lowest BCUT2D eigenvalue weighted by Gasteiger charge is -2.29. The summed E-state index contributed by atoms with van der Waals surface area (Å²) in [4.78, 5) is 15.8. The Morgan fingerprint density at radius 2 is 1.92 bits per heavy atom. The first-order valence-corrected chi connectivity index (χ1v) is 14.2. The van der Waals surface area contributed by atoms with Crippen LogP contribution in [0.1, 0.15) is 64.2 Å². The number of aliphatic hydroxyl groups is 1. The predicted octanol–water partition coefficient (Wildman–Crippen LogP) is 4.91. The molecule has 2 fully saturated rings. The summed E-state index contributed by atoms with van der Waals surface area (Å²) in [5, 5.41) is 23.4. The number of carbonyl (C=O) groups is 1. The second-order valence-electron chi connectivity index (χ2n) is 10.6. The van der Waals surface area contributed by atoms with Crippen LogP contribution in [0.2, 0.25) is 0 Å². The highest BCUT2D eigenvalue weighted by molar-refractivity contribution is 7.15. The van der Waals surface area contributed by atoms with Gasteiger partial charge < -0.3 is 26.4 Å². The van der Waals surface area contributed by atoms with Gasteiger partial charge in [-0.15, -0.1) is 11.3 Å². The number of hydrogen-bond donors (Lipinski definition) is 5. The summed E-state index contributed by atoms with van der Waals surface area (Å²) in [6.45, 7) is 8.93. The molecule has 2 heterocycles. The Balaban J connectivity index is 1.24. The van der Waals surface area contributed by atoms with E-state index in [1.54, 1.807) is 0 Å². The van der Waals surface area contributed by atoms with Crippen LogP contribution in [-0.2, 0) is 6.54 Å². The van der Waals surface area contributed by atoms with E-state index in [1.807, 2.05) is 43.4 Å². The van der Waals surface area contributed by atoms with Gasteiger partial charge in [0.15, 0.2) is 0 Å². The van der Waals surface area contributed by atoms with E-state index in [1.165, 1.54) is 20.9 Å². The molecule has 196 valence electrons. The van der Waals surface area contributed by atoms with Crippen LogP contribution in [0.25, 0.3) is 10.4 Å². The summed E-state index contributed by atoms with van der Waals surface area (Å²) in [5.41, 5.74) is 6.22. The monoisotopic (exact) mass is 518 g/mol. The average molecular weight is 519 g/mol. The van der Waals surface area contributed by atoms with E-state index in [0.29, 0.717) is 17.6 Å². The highest BCUT2D eigenvalue weighted by Crippen LogP contribution is 2.33. The van der Waals surface area contributed by atoms with Crippen LogP contribution in [0.5, 0.6) is 0 Å². The van der Waals surface area contributed by atoms with Crippen molar-refractivity contribution in [2.24, 2.45) is 0 Å². The van der Waals surface area contributed by atoms with Crippen molar-refractivity contribution in [3.05, 3.63) is 75.7 Å². The van der Waals surface area contributed by atoms with E-state index in [9.17, 15) is 9.90 Å². The quantitative estimate of drug-likeness (QED) is 0.278. The Kier molecular flexibility index (Phi) is 7.95. The molecule has 0 spiro atoms. The Bertz CT molecular complexity index is 1250.